The molecule has 3 aromatic rings. The van der Waals surface area contributed by atoms with Gasteiger partial charge < -0.3 is 4.52 Å². The summed E-state index contributed by atoms with van der Waals surface area (Å²) in [6.45, 7) is 1.37. The van der Waals surface area contributed by atoms with E-state index in [1.54, 1.807) is 12.4 Å². The Morgan fingerprint density at radius 2 is 2.09 bits per heavy atom. The summed E-state index contributed by atoms with van der Waals surface area (Å²) in [5.41, 5.74) is 4.72. The molecule has 0 saturated heterocycles. The van der Waals surface area contributed by atoms with Gasteiger partial charge in [-0.3, -0.25) is 15.0 Å². The normalized spacial score (nSPS) is 13.7. The van der Waals surface area contributed by atoms with E-state index in [-0.39, 0.29) is 0 Å². The zero-order valence-electron chi connectivity index (χ0n) is 13.0. The van der Waals surface area contributed by atoms with E-state index >= 15 is 0 Å². The second kappa shape index (κ2) is 5.92. The molecule has 7 nitrogen and oxygen atoms in total. The summed E-state index contributed by atoms with van der Waals surface area (Å²) in [6.07, 6.45) is 6.90. The van der Waals surface area contributed by atoms with Crippen molar-refractivity contribution in [2.75, 3.05) is 7.05 Å². The van der Waals surface area contributed by atoms with Crippen LogP contribution in [0.3, 0.4) is 0 Å². The van der Waals surface area contributed by atoms with Gasteiger partial charge in [0.2, 0.25) is 11.7 Å². The summed E-state index contributed by atoms with van der Waals surface area (Å²) in [7, 11) is 2.03. The lowest BCUT2D eigenvalue weighted by Crippen LogP contribution is -2.18. The number of hydrogen-bond acceptors (Lipinski definition) is 6. The number of fused-ring (bicyclic) bond motifs is 1. The van der Waals surface area contributed by atoms with Crippen LogP contribution in [0.2, 0.25) is 0 Å². The molecule has 3 heterocycles. The summed E-state index contributed by atoms with van der Waals surface area (Å²) in [6, 6.07) is 3.73. The number of aromatic nitrogens is 5. The van der Waals surface area contributed by atoms with Gasteiger partial charge in [-0.25, -0.2) is 0 Å². The average Bonchev–Trinajstić information content (AvgIpc) is 3.27. The summed E-state index contributed by atoms with van der Waals surface area (Å²) < 4.78 is 5.35. The number of nitrogens with zero attached hydrogens (tertiary/aromatic N) is 5. The van der Waals surface area contributed by atoms with Crippen molar-refractivity contribution in [2.45, 2.75) is 32.4 Å². The molecule has 0 spiro atoms. The maximum atomic E-state index is 5.35. The van der Waals surface area contributed by atoms with Gasteiger partial charge in [-0.1, -0.05) is 5.16 Å². The lowest BCUT2D eigenvalue weighted by molar-refractivity contribution is 0.258. The molecule has 0 saturated carbocycles. The van der Waals surface area contributed by atoms with Crippen LogP contribution in [0.15, 0.2) is 29.0 Å². The highest BCUT2D eigenvalue weighted by Gasteiger charge is 2.20. The number of aryl methyl sites for hydroxylation is 1. The fraction of sp³-hybridized carbons (Fsp3) is 0.375. The lowest BCUT2D eigenvalue weighted by atomic mass is 10.2. The Balaban J connectivity index is 1.43. The van der Waals surface area contributed by atoms with Crippen LogP contribution in [0.4, 0.5) is 0 Å². The minimum absolute atomic E-state index is 0.594. The highest BCUT2D eigenvalue weighted by molar-refractivity contribution is 5.52. The van der Waals surface area contributed by atoms with Crippen molar-refractivity contribution in [1.82, 2.24) is 30.2 Å². The van der Waals surface area contributed by atoms with E-state index in [1.165, 1.54) is 17.7 Å². The zero-order chi connectivity index (χ0) is 15.6. The Hall–Kier alpha value is -2.54. The van der Waals surface area contributed by atoms with Gasteiger partial charge in [-0.15, -0.1) is 0 Å². The molecule has 0 aliphatic heterocycles. The van der Waals surface area contributed by atoms with Crippen molar-refractivity contribution in [2.24, 2.45) is 0 Å². The van der Waals surface area contributed by atoms with Gasteiger partial charge in [0.25, 0.3) is 0 Å². The summed E-state index contributed by atoms with van der Waals surface area (Å²) >= 11 is 0. The van der Waals surface area contributed by atoms with E-state index in [2.05, 4.69) is 30.2 Å². The largest absolute Gasteiger partial charge is 0.338 e. The Bertz CT molecular complexity index is 794. The average molecular weight is 310 g/mol. The summed E-state index contributed by atoms with van der Waals surface area (Å²) in [5, 5.41) is 11.6. The first kappa shape index (κ1) is 14.1. The van der Waals surface area contributed by atoms with E-state index in [4.69, 9.17) is 4.52 Å². The van der Waals surface area contributed by atoms with E-state index < -0.39 is 0 Å². The highest BCUT2D eigenvalue weighted by Crippen LogP contribution is 2.23. The van der Waals surface area contributed by atoms with Crippen LogP contribution in [0, 0.1) is 0 Å². The molecule has 118 valence electrons. The lowest BCUT2D eigenvalue weighted by Gasteiger charge is -2.12. The minimum Gasteiger partial charge on any atom is -0.338 e. The van der Waals surface area contributed by atoms with E-state index in [0.29, 0.717) is 18.3 Å². The third-order valence-corrected chi connectivity index (χ3v) is 4.12. The molecule has 0 bridgehead atoms. The van der Waals surface area contributed by atoms with Gasteiger partial charge in [-0.2, -0.15) is 10.1 Å². The number of aromatic amines is 1. The van der Waals surface area contributed by atoms with Crippen LogP contribution in [0.25, 0.3) is 11.4 Å². The van der Waals surface area contributed by atoms with Crippen molar-refractivity contribution >= 4 is 0 Å². The first-order valence-electron chi connectivity index (χ1n) is 7.76. The van der Waals surface area contributed by atoms with E-state index in [1.807, 2.05) is 19.2 Å². The molecule has 23 heavy (non-hydrogen) atoms. The number of rotatable bonds is 5. The van der Waals surface area contributed by atoms with Gasteiger partial charge in [0.1, 0.15) is 0 Å². The van der Waals surface area contributed by atoms with Crippen molar-refractivity contribution in [3.8, 4) is 11.4 Å². The first-order chi connectivity index (χ1) is 11.3. The second-order valence-electron chi connectivity index (χ2n) is 5.90. The smallest absolute Gasteiger partial charge is 0.241 e. The van der Waals surface area contributed by atoms with Crippen molar-refractivity contribution in [3.05, 3.63) is 47.4 Å². The van der Waals surface area contributed by atoms with E-state index in [0.717, 1.165) is 30.6 Å². The van der Waals surface area contributed by atoms with Crippen LogP contribution < -0.4 is 0 Å². The SMILES string of the molecule is CN(Cc1nc(-c2ccncc2)no1)Cc1n[nH]c2c1CCC2. The third-order valence-electron chi connectivity index (χ3n) is 4.12. The quantitative estimate of drug-likeness (QED) is 0.775. The van der Waals surface area contributed by atoms with Crippen LogP contribution >= 0.6 is 0 Å². The fourth-order valence-electron chi connectivity index (χ4n) is 3.00. The van der Waals surface area contributed by atoms with Crippen LogP contribution in [-0.2, 0) is 25.9 Å². The predicted octanol–water partition coefficient (Wildman–Crippen LogP) is 1.98. The van der Waals surface area contributed by atoms with Crippen molar-refractivity contribution < 1.29 is 4.52 Å². The molecule has 0 radical (unpaired) electrons. The van der Waals surface area contributed by atoms with Crippen molar-refractivity contribution in [1.29, 1.82) is 0 Å². The van der Waals surface area contributed by atoms with Crippen LogP contribution in [0.5, 0.6) is 0 Å². The summed E-state index contributed by atoms with van der Waals surface area (Å²) in [5.74, 6) is 1.20. The summed E-state index contributed by atoms with van der Waals surface area (Å²) in [4.78, 5) is 10.6. The molecule has 1 aliphatic carbocycles. The molecule has 0 aromatic carbocycles. The second-order valence-corrected chi connectivity index (χ2v) is 5.90. The molecule has 4 rings (SSSR count). The number of hydrogen-bond donors (Lipinski definition) is 1. The topological polar surface area (TPSA) is 83.7 Å². The Labute approximate surface area is 133 Å². The third kappa shape index (κ3) is 2.87. The van der Waals surface area contributed by atoms with Crippen molar-refractivity contribution in [3.63, 3.8) is 0 Å². The maximum absolute atomic E-state index is 5.35. The predicted molar refractivity (Wildman–Crippen MR) is 83.3 cm³/mol. The molecule has 1 aliphatic rings. The molecule has 0 amide bonds. The molecular weight excluding hydrogens is 292 g/mol. The molecule has 7 heteroatoms. The highest BCUT2D eigenvalue weighted by atomic mass is 16.5. The zero-order valence-corrected chi connectivity index (χ0v) is 13.0. The Morgan fingerprint density at radius 1 is 1.22 bits per heavy atom. The van der Waals surface area contributed by atoms with Gasteiger partial charge in [0.05, 0.1) is 12.2 Å². The minimum atomic E-state index is 0.594. The molecule has 0 atom stereocenters. The van der Waals surface area contributed by atoms with Gasteiger partial charge in [0.15, 0.2) is 0 Å². The maximum Gasteiger partial charge on any atom is 0.241 e. The molecular formula is C16H18N6O. The van der Waals surface area contributed by atoms with Gasteiger partial charge >= 0.3 is 0 Å². The molecule has 0 unspecified atom stereocenters. The monoisotopic (exact) mass is 310 g/mol. The van der Waals surface area contributed by atoms with Gasteiger partial charge in [-0.05, 0) is 44.0 Å². The van der Waals surface area contributed by atoms with Gasteiger partial charge in [0, 0.05) is 30.2 Å². The first-order valence-corrected chi connectivity index (χ1v) is 7.76. The van der Waals surface area contributed by atoms with Crippen LogP contribution in [-0.4, -0.2) is 37.3 Å². The Morgan fingerprint density at radius 3 is 2.96 bits per heavy atom. The standard InChI is InChI=1S/C16H18N6O/c1-22(9-14-12-3-2-4-13(12)19-20-14)10-15-18-16(21-23-15)11-5-7-17-8-6-11/h5-8H,2-4,9-10H2,1H3,(H,19,20). The fourth-order valence-corrected chi connectivity index (χ4v) is 3.00. The van der Waals surface area contributed by atoms with Crippen LogP contribution in [0.1, 0.15) is 29.3 Å². The Kier molecular flexibility index (Phi) is 3.63. The molecule has 3 aromatic heterocycles. The van der Waals surface area contributed by atoms with E-state index in [9.17, 15) is 0 Å². The molecule has 0 fully saturated rings. The molecule has 1 N–H and O–H groups in total. The number of nitrogens with one attached hydrogen (secondary N) is 1. The number of H-pyrrole nitrogens is 1. The number of pyridine rings is 1.